The molecule has 1 amide bonds. The molecule has 0 unspecified atom stereocenters. The van der Waals surface area contributed by atoms with Gasteiger partial charge in [-0.05, 0) is 18.8 Å². The van der Waals surface area contributed by atoms with Gasteiger partial charge >= 0.3 is 0 Å². The van der Waals surface area contributed by atoms with Crippen molar-refractivity contribution in [2.75, 3.05) is 13.6 Å². The van der Waals surface area contributed by atoms with E-state index in [2.05, 4.69) is 5.10 Å². The Labute approximate surface area is 94.7 Å². The molecule has 0 bridgehead atoms. The molecule has 5 heteroatoms. The van der Waals surface area contributed by atoms with Gasteiger partial charge in [0.1, 0.15) is 0 Å². The van der Waals surface area contributed by atoms with E-state index in [1.807, 2.05) is 0 Å². The maximum Gasteiger partial charge on any atom is 0.256 e. The Balaban J connectivity index is 1.89. The van der Waals surface area contributed by atoms with Crippen molar-refractivity contribution in [2.45, 2.75) is 18.9 Å². The summed E-state index contributed by atoms with van der Waals surface area (Å²) in [5.74, 6) is 0.440. The van der Waals surface area contributed by atoms with Gasteiger partial charge in [0.25, 0.3) is 5.91 Å². The molecule has 1 aliphatic rings. The van der Waals surface area contributed by atoms with Crippen LogP contribution in [0.2, 0.25) is 0 Å². The lowest BCUT2D eigenvalue weighted by molar-refractivity contribution is 0.0265. The van der Waals surface area contributed by atoms with Crippen LogP contribution in [-0.4, -0.2) is 45.4 Å². The minimum Gasteiger partial charge on any atom is -0.393 e. The normalized spacial score (nSPS) is 23.9. The van der Waals surface area contributed by atoms with Crippen LogP contribution in [0.4, 0.5) is 0 Å². The summed E-state index contributed by atoms with van der Waals surface area (Å²) in [6.07, 6.45) is 4.75. The van der Waals surface area contributed by atoms with E-state index in [0.29, 0.717) is 18.0 Å². The maximum atomic E-state index is 11.9. The number of rotatable bonds is 3. The van der Waals surface area contributed by atoms with Crippen LogP contribution in [0.1, 0.15) is 23.2 Å². The topological polar surface area (TPSA) is 58.4 Å². The fourth-order valence-electron chi connectivity index (χ4n) is 2.07. The van der Waals surface area contributed by atoms with E-state index in [9.17, 15) is 9.90 Å². The molecule has 0 aromatic carbocycles. The van der Waals surface area contributed by atoms with Crippen molar-refractivity contribution in [1.82, 2.24) is 14.7 Å². The molecule has 2 rings (SSSR count). The van der Waals surface area contributed by atoms with Gasteiger partial charge in [-0.15, -0.1) is 0 Å². The minimum atomic E-state index is -0.160. The second-order valence-corrected chi connectivity index (χ2v) is 4.58. The highest BCUT2D eigenvalue weighted by molar-refractivity contribution is 5.93. The molecule has 1 aromatic heterocycles. The highest BCUT2D eigenvalue weighted by Gasteiger charge is 2.29. The molecule has 0 spiro atoms. The van der Waals surface area contributed by atoms with E-state index in [4.69, 9.17) is 0 Å². The predicted octanol–water partition coefficient (Wildman–Crippen LogP) is 0.263. The molecule has 1 N–H and O–H groups in total. The third kappa shape index (κ3) is 2.24. The molecular formula is C11H17N3O2. The van der Waals surface area contributed by atoms with Gasteiger partial charge in [0, 0.05) is 26.8 Å². The second-order valence-electron chi connectivity index (χ2n) is 4.58. The quantitative estimate of drug-likeness (QED) is 0.799. The van der Waals surface area contributed by atoms with Crippen LogP contribution in [0.5, 0.6) is 0 Å². The Morgan fingerprint density at radius 1 is 1.69 bits per heavy atom. The van der Waals surface area contributed by atoms with Crippen LogP contribution in [0.3, 0.4) is 0 Å². The zero-order valence-corrected chi connectivity index (χ0v) is 9.63. The second kappa shape index (κ2) is 4.25. The fraction of sp³-hybridized carbons (Fsp3) is 0.636. The molecule has 0 radical (unpaired) electrons. The van der Waals surface area contributed by atoms with E-state index in [0.717, 1.165) is 12.8 Å². The largest absolute Gasteiger partial charge is 0.393 e. The van der Waals surface area contributed by atoms with Crippen molar-refractivity contribution in [3.63, 3.8) is 0 Å². The third-order valence-electron chi connectivity index (χ3n) is 3.04. The smallest absolute Gasteiger partial charge is 0.256 e. The fourth-order valence-corrected chi connectivity index (χ4v) is 2.07. The number of aliphatic hydroxyl groups is 1. The Hall–Kier alpha value is -1.36. The molecule has 1 fully saturated rings. The Kier molecular flexibility index (Phi) is 2.96. The lowest BCUT2D eigenvalue weighted by Crippen LogP contribution is -2.39. The molecule has 1 heterocycles. The molecule has 1 aromatic rings. The summed E-state index contributed by atoms with van der Waals surface area (Å²) in [4.78, 5) is 13.6. The Morgan fingerprint density at radius 3 is 2.88 bits per heavy atom. The number of aryl methyl sites for hydroxylation is 1. The number of nitrogens with zero attached hydrogens (tertiary/aromatic N) is 3. The molecule has 1 aliphatic carbocycles. The average Bonchev–Trinajstić information content (AvgIpc) is 2.61. The van der Waals surface area contributed by atoms with Gasteiger partial charge in [0.15, 0.2) is 0 Å². The molecular weight excluding hydrogens is 206 g/mol. The summed E-state index contributed by atoms with van der Waals surface area (Å²) < 4.78 is 1.62. The molecule has 0 aliphatic heterocycles. The number of amides is 1. The number of carbonyl (C=O) groups excluding carboxylic acids is 1. The van der Waals surface area contributed by atoms with Gasteiger partial charge in [-0.25, -0.2) is 0 Å². The molecule has 1 saturated carbocycles. The number of hydrogen-bond acceptors (Lipinski definition) is 3. The van der Waals surface area contributed by atoms with Crippen LogP contribution >= 0.6 is 0 Å². The zero-order valence-electron chi connectivity index (χ0n) is 9.63. The van der Waals surface area contributed by atoms with Crippen molar-refractivity contribution in [2.24, 2.45) is 13.0 Å². The number of aliphatic hydroxyl groups excluding tert-OH is 1. The summed E-state index contributed by atoms with van der Waals surface area (Å²) in [6.45, 7) is 0.713. The van der Waals surface area contributed by atoms with Gasteiger partial charge in [-0.2, -0.15) is 5.10 Å². The van der Waals surface area contributed by atoms with Crippen LogP contribution in [0, 0.1) is 5.92 Å². The molecule has 0 saturated heterocycles. The highest BCUT2D eigenvalue weighted by Crippen LogP contribution is 2.27. The summed E-state index contributed by atoms with van der Waals surface area (Å²) >= 11 is 0. The minimum absolute atomic E-state index is 0.00510. The van der Waals surface area contributed by atoms with Gasteiger partial charge in [-0.3, -0.25) is 9.48 Å². The highest BCUT2D eigenvalue weighted by atomic mass is 16.3. The van der Waals surface area contributed by atoms with Crippen LogP contribution in [-0.2, 0) is 7.05 Å². The maximum absolute atomic E-state index is 11.9. The standard InChI is InChI=1S/C11H17N3O2/c1-13(6-8-3-10(15)4-8)11(16)9-5-12-14(2)7-9/h5,7-8,10,15H,3-4,6H2,1-2H3. The summed E-state index contributed by atoms with van der Waals surface area (Å²) in [6, 6.07) is 0. The van der Waals surface area contributed by atoms with E-state index in [-0.39, 0.29) is 12.0 Å². The third-order valence-corrected chi connectivity index (χ3v) is 3.04. The van der Waals surface area contributed by atoms with E-state index in [1.165, 1.54) is 0 Å². The average molecular weight is 223 g/mol. The number of hydrogen-bond donors (Lipinski definition) is 1. The predicted molar refractivity (Wildman–Crippen MR) is 58.9 cm³/mol. The van der Waals surface area contributed by atoms with E-state index >= 15 is 0 Å². The van der Waals surface area contributed by atoms with Gasteiger partial charge < -0.3 is 10.0 Å². The zero-order chi connectivity index (χ0) is 11.7. The lowest BCUT2D eigenvalue weighted by atomic mass is 9.82. The number of aromatic nitrogens is 2. The molecule has 16 heavy (non-hydrogen) atoms. The van der Waals surface area contributed by atoms with E-state index in [1.54, 1.807) is 36.1 Å². The number of carbonyl (C=O) groups is 1. The van der Waals surface area contributed by atoms with E-state index < -0.39 is 0 Å². The van der Waals surface area contributed by atoms with Crippen LogP contribution in [0.15, 0.2) is 12.4 Å². The van der Waals surface area contributed by atoms with Crippen molar-refractivity contribution in [3.05, 3.63) is 18.0 Å². The first-order chi connectivity index (χ1) is 7.56. The summed E-state index contributed by atoms with van der Waals surface area (Å²) in [5.41, 5.74) is 0.616. The van der Waals surface area contributed by atoms with Gasteiger partial charge in [0.2, 0.25) is 0 Å². The van der Waals surface area contributed by atoms with Gasteiger partial charge in [-0.1, -0.05) is 0 Å². The molecule has 5 nitrogen and oxygen atoms in total. The first-order valence-corrected chi connectivity index (χ1v) is 5.48. The van der Waals surface area contributed by atoms with Crippen LogP contribution in [0.25, 0.3) is 0 Å². The molecule has 88 valence electrons. The summed E-state index contributed by atoms with van der Waals surface area (Å²) in [5, 5.41) is 13.1. The van der Waals surface area contributed by atoms with Crippen LogP contribution < -0.4 is 0 Å². The first kappa shape index (κ1) is 11.1. The first-order valence-electron chi connectivity index (χ1n) is 5.48. The van der Waals surface area contributed by atoms with Crippen molar-refractivity contribution >= 4 is 5.91 Å². The lowest BCUT2D eigenvalue weighted by Gasteiger charge is -2.34. The monoisotopic (exact) mass is 223 g/mol. The van der Waals surface area contributed by atoms with Gasteiger partial charge in [0.05, 0.1) is 17.9 Å². The Morgan fingerprint density at radius 2 is 2.38 bits per heavy atom. The van der Waals surface area contributed by atoms with Crippen molar-refractivity contribution < 1.29 is 9.90 Å². The molecule has 0 atom stereocenters. The van der Waals surface area contributed by atoms with Crippen molar-refractivity contribution in [3.8, 4) is 0 Å². The SMILES string of the molecule is CN(CC1CC(O)C1)C(=O)c1cnn(C)c1. The Bertz CT molecular complexity index is 382. The van der Waals surface area contributed by atoms with Crippen molar-refractivity contribution in [1.29, 1.82) is 0 Å². The summed E-state index contributed by atoms with van der Waals surface area (Å²) in [7, 11) is 3.58.